The topological polar surface area (TPSA) is 95.9 Å². The van der Waals surface area contributed by atoms with E-state index in [4.69, 9.17) is 9.26 Å². The maximum absolute atomic E-state index is 14.3. The van der Waals surface area contributed by atoms with Crippen molar-refractivity contribution < 1.29 is 31.6 Å². The summed E-state index contributed by atoms with van der Waals surface area (Å²) in [5.74, 6) is -2.56. The van der Waals surface area contributed by atoms with Crippen LogP contribution in [0.1, 0.15) is 23.0 Å². The van der Waals surface area contributed by atoms with Gasteiger partial charge in [-0.1, -0.05) is 11.2 Å². The molecule has 4 aromatic heterocycles. The molecule has 32 heavy (non-hydrogen) atoms. The maximum atomic E-state index is 14.3. The maximum Gasteiger partial charge on any atom is 0.434 e. The summed E-state index contributed by atoms with van der Waals surface area (Å²) in [5.41, 5.74) is -2.82. The van der Waals surface area contributed by atoms with Crippen LogP contribution in [0.25, 0.3) is 28.4 Å². The summed E-state index contributed by atoms with van der Waals surface area (Å²) in [6, 6.07) is 5.57. The number of carbonyl (C=O) groups is 1. The number of carbonyl (C=O) groups excluding carboxylic acids is 1. The Hall–Kier alpha value is -4.09. The molecule has 0 aliphatic rings. The minimum atomic E-state index is -4.91. The van der Waals surface area contributed by atoms with E-state index in [2.05, 4.69) is 20.2 Å². The van der Waals surface area contributed by atoms with E-state index in [-0.39, 0.29) is 23.7 Å². The lowest BCUT2D eigenvalue weighted by atomic mass is 10.0. The van der Waals surface area contributed by atoms with Gasteiger partial charge in [-0.3, -0.25) is 4.98 Å². The molecular formula is C20H13F4N5O3. The summed E-state index contributed by atoms with van der Waals surface area (Å²) in [4.78, 5) is 20.2. The predicted molar refractivity (Wildman–Crippen MR) is 101 cm³/mol. The van der Waals surface area contributed by atoms with E-state index < -0.39 is 40.5 Å². The van der Waals surface area contributed by atoms with Gasteiger partial charge in [0, 0.05) is 18.0 Å². The van der Waals surface area contributed by atoms with Crippen molar-refractivity contribution >= 4 is 5.97 Å². The Balaban J connectivity index is 1.98. The molecule has 164 valence electrons. The number of halogens is 4. The van der Waals surface area contributed by atoms with Gasteiger partial charge in [0.05, 0.1) is 24.6 Å². The summed E-state index contributed by atoms with van der Waals surface area (Å²) < 4.78 is 67.1. The first-order chi connectivity index (χ1) is 15.3. The van der Waals surface area contributed by atoms with Gasteiger partial charge in [0.15, 0.2) is 23.1 Å². The van der Waals surface area contributed by atoms with E-state index in [0.29, 0.717) is 4.68 Å². The Labute approximate surface area is 177 Å². The Morgan fingerprint density at radius 2 is 1.97 bits per heavy atom. The van der Waals surface area contributed by atoms with Crippen LogP contribution in [0.15, 0.2) is 53.6 Å². The number of rotatable bonds is 5. The summed E-state index contributed by atoms with van der Waals surface area (Å²) in [6.45, 7) is 1.43. The number of aromatic nitrogens is 5. The molecule has 4 aromatic rings. The Morgan fingerprint density at radius 1 is 1.16 bits per heavy atom. The molecule has 0 aromatic carbocycles. The molecule has 0 aliphatic heterocycles. The molecule has 0 N–H and O–H groups in total. The highest BCUT2D eigenvalue weighted by atomic mass is 19.4. The average Bonchev–Trinajstić information content (AvgIpc) is 3.39. The van der Waals surface area contributed by atoms with Crippen LogP contribution in [-0.4, -0.2) is 37.5 Å². The highest BCUT2D eigenvalue weighted by molar-refractivity contribution is 6.02. The van der Waals surface area contributed by atoms with Crippen LogP contribution < -0.4 is 0 Å². The Bertz CT molecular complexity index is 1270. The van der Waals surface area contributed by atoms with Crippen LogP contribution in [0.2, 0.25) is 0 Å². The van der Waals surface area contributed by atoms with Crippen molar-refractivity contribution in [1.29, 1.82) is 0 Å². The fourth-order valence-corrected chi connectivity index (χ4v) is 3.06. The second kappa shape index (κ2) is 8.21. The van der Waals surface area contributed by atoms with Crippen LogP contribution in [0.5, 0.6) is 0 Å². The summed E-state index contributed by atoms with van der Waals surface area (Å²) >= 11 is 0. The zero-order chi connectivity index (χ0) is 22.9. The first kappa shape index (κ1) is 21.2. The van der Waals surface area contributed by atoms with Crippen LogP contribution in [-0.2, 0) is 10.9 Å². The molecule has 0 amide bonds. The SMILES string of the molecule is CCOC(=O)c1c(-c2ccncc2F)noc1-c1cnn(-c2ccccn2)c1C(F)(F)F. The molecule has 0 unspecified atom stereocenters. The third-order valence-electron chi connectivity index (χ3n) is 4.35. The van der Waals surface area contributed by atoms with Crippen LogP contribution in [0, 0.1) is 5.82 Å². The number of nitrogens with zero attached hydrogens (tertiary/aromatic N) is 5. The highest BCUT2D eigenvalue weighted by Gasteiger charge is 2.42. The second-order valence-electron chi connectivity index (χ2n) is 6.32. The van der Waals surface area contributed by atoms with Crippen LogP contribution >= 0.6 is 0 Å². The monoisotopic (exact) mass is 447 g/mol. The number of pyridine rings is 2. The lowest BCUT2D eigenvalue weighted by Gasteiger charge is -2.11. The molecule has 0 saturated heterocycles. The lowest BCUT2D eigenvalue weighted by Crippen LogP contribution is -2.15. The molecule has 0 radical (unpaired) electrons. The van der Waals surface area contributed by atoms with Gasteiger partial charge in [-0.15, -0.1) is 0 Å². The normalized spacial score (nSPS) is 11.5. The molecule has 4 rings (SSSR count). The van der Waals surface area contributed by atoms with E-state index in [1.165, 1.54) is 43.6 Å². The van der Waals surface area contributed by atoms with E-state index in [1.807, 2.05) is 0 Å². The molecular weight excluding hydrogens is 434 g/mol. The molecule has 4 heterocycles. The molecule has 8 nitrogen and oxygen atoms in total. The minimum Gasteiger partial charge on any atom is -0.462 e. The summed E-state index contributed by atoms with van der Waals surface area (Å²) in [5, 5.41) is 7.45. The quantitative estimate of drug-likeness (QED) is 0.332. The van der Waals surface area contributed by atoms with E-state index in [1.54, 1.807) is 0 Å². The van der Waals surface area contributed by atoms with Crippen molar-refractivity contribution in [1.82, 2.24) is 24.9 Å². The van der Waals surface area contributed by atoms with Gasteiger partial charge in [-0.25, -0.2) is 18.9 Å². The number of esters is 1. The molecule has 0 spiro atoms. The van der Waals surface area contributed by atoms with Gasteiger partial charge in [-0.05, 0) is 25.1 Å². The fraction of sp³-hybridized carbons (Fsp3) is 0.150. The second-order valence-corrected chi connectivity index (χ2v) is 6.32. The predicted octanol–water partition coefficient (Wildman–Crippen LogP) is 4.32. The molecule has 0 bridgehead atoms. The lowest BCUT2D eigenvalue weighted by molar-refractivity contribution is -0.142. The molecule has 0 saturated carbocycles. The number of ether oxygens (including phenoxy) is 1. The van der Waals surface area contributed by atoms with Gasteiger partial charge < -0.3 is 9.26 Å². The van der Waals surface area contributed by atoms with Crippen LogP contribution in [0.4, 0.5) is 17.6 Å². The van der Waals surface area contributed by atoms with Gasteiger partial charge in [0.2, 0.25) is 0 Å². The Morgan fingerprint density at radius 3 is 2.62 bits per heavy atom. The van der Waals surface area contributed by atoms with Crippen molar-refractivity contribution in [2.24, 2.45) is 0 Å². The minimum absolute atomic E-state index is 0.0823. The first-order valence-corrected chi connectivity index (χ1v) is 9.16. The van der Waals surface area contributed by atoms with Crippen molar-refractivity contribution in [3.63, 3.8) is 0 Å². The summed E-state index contributed by atoms with van der Waals surface area (Å²) in [6.07, 6.45) is -0.627. The van der Waals surface area contributed by atoms with E-state index in [0.717, 1.165) is 12.4 Å². The average molecular weight is 447 g/mol. The highest BCUT2D eigenvalue weighted by Crippen LogP contribution is 2.41. The van der Waals surface area contributed by atoms with Crippen molar-refractivity contribution in [3.05, 3.63) is 66.1 Å². The van der Waals surface area contributed by atoms with Gasteiger partial charge in [-0.2, -0.15) is 18.3 Å². The van der Waals surface area contributed by atoms with Crippen molar-refractivity contribution in [2.45, 2.75) is 13.1 Å². The number of hydrogen-bond acceptors (Lipinski definition) is 7. The third-order valence-corrected chi connectivity index (χ3v) is 4.35. The summed E-state index contributed by atoms with van der Waals surface area (Å²) in [7, 11) is 0. The zero-order valence-electron chi connectivity index (χ0n) is 16.3. The molecule has 0 aliphatic carbocycles. The Kier molecular flexibility index (Phi) is 5.43. The number of hydrogen-bond donors (Lipinski definition) is 0. The third kappa shape index (κ3) is 3.70. The molecule has 0 fully saturated rings. The van der Waals surface area contributed by atoms with Crippen molar-refractivity contribution in [2.75, 3.05) is 6.61 Å². The van der Waals surface area contributed by atoms with Crippen LogP contribution in [0.3, 0.4) is 0 Å². The first-order valence-electron chi connectivity index (χ1n) is 9.16. The van der Waals surface area contributed by atoms with Gasteiger partial charge in [0.1, 0.15) is 11.3 Å². The van der Waals surface area contributed by atoms with Gasteiger partial charge in [0.25, 0.3) is 0 Å². The molecule has 0 atom stereocenters. The smallest absolute Gasteiger partial charge is 0.434 e. The van der Waals surface area contributed by atoms with E-state index in [9.17, 15) is 22.4 Å². The fourth-order valence-electron chi connectivity index (χ4n) is 3.06. The molecule has 12 heteroatoms. The largest absolute Gasteiger partial charge is 0.462 e. The number of alkyl halides is 3. The van der Waals surface area contributed by atoms with E-state index >= 15 is 0 Å². The van der Waals surface area contributed by atoms with Crippen molar-refractivity contribution in [3.8, 4) is 28.4 Å². The van der Waals surface area contributed by atoms with Gasteiger partial charge >= 0.3 is 12.1 Å². The standard InChI is InChI=1S/C20H13F4N5O3/c1-2-31-19(30)15-16(11-6-8-25-10-13(11)21)28-32-17(15)12-9-27-29(18(12)20(22,23)24)14-5-3-4-7-26-14/h3-10H,2H2,1H3. The zero-order valence-corrected chi connectivity index (χ0v) is 16.3.